The Kier molecular flexibility index (Phi) is 2.34. The summed E-state index contributed by atoms with van der Waals surface area (Å²) in [5, 5.41) is 8.91. The molecular formula is C19H17NO4S. The third kappa shape index (κ3) is 3.42. The monoisotopic (exact) mass is 363 g/mol. The highest BCUT2D eigenvalue weighted by Gasteiger charge is 2.35. The number of aromatic nitrogens is 1. The van der Waals surface area contributed by atoms with Crippen LogP contribution in [0.15, 0.2) is 41.4 Å². The van der Waals surface area contributed by atoms with Crippen molar-refractivity contribution >= 4 is 15.8 Å². The summed E-state index contributed by atoms with van der Waals surface area (Å²) in [5.41, 5.74) is -6.27. The molecule has 128 valence electrons. The minimum absolute atomic E-state index is 0.0612. The smallest absolute Gasteiger partial charge is 0.337 e. The first kappa shape index (κ1) is 9.73. The summed E-state index contributed by atoms with van der Waals surface area (Å²) in [6.45, 7) is -6.53. The van der Waals surface area contributed by atoms with Gasteiger partial charge in [-0.05, 0) is 53.7 Å². The maximum absolute atomic E-state index is 12.8. The fraction of sp³-hybridized carbons (Fsp3) is 0.263. The molecule has 0 bridgehead atoms. The number of fused-ring (bicyclic) bond motifs is 1. The van der Waals surface area contributed by atoms with Crippen molar-refractivity contribution in [3.63, 3.8) is 0 Å². The number of hydrogen-bond donors (Lipinski definition) is 1. The summed E-state index contributed by atoms with van der Waals surface area (Å²) in [6.07, 6.45) is -0.195. The van der Waals surface area contributed by atoms with Gasteiger partial charge in [0.15, 0.2) is 9.84 Å². The number of rotatable bonds is 1. The third-order valence-corrected chi connectivity index (χ3v) is 5.06. The second kappa shape index (κ2) is 6.01. The predicted octanol–water partition coefficient (Wildman–Crippen LogP) is 2.63. The zero-order valence-corrected chi connectivity index (χ0v) is 13.5. The summed E-state index contributed by atoms with van der Waals surface area (Å²) in [5.74, 6) is 4.07. The molecule has 0 amide bonds. The van der Waals surface area contributed by atoms with Crippen molar-refractivity contribution in [3.8, 4) is 11.8 Å². The van der Waals surface area contributed by atoms with E-state index in [1.54, 1.807) is 0 Å². The number of carboxylic acid groups (broad SMARTS) is 1. The van der Waals surface area contributed by atoms with Gasteiger partial charge in [0, 0.05) is 22.7 Å². The SMILES string of the molecule is [2H]C([2H])([2H])C1(C([2H])([2H])[2H])CC([2H])([2H])S(=O)(=O)c2ccc(C#Cc3ccc(C(=O)O)cn3)cc21. The Balaban J connectivity index is 2.24. The third-order valence-electron chi connectivity index (χ3n) is 3.60. The summed E-state index contributed by atoms with van der Waals surface area (Å²) in [6, 6.07) is 5.82. The van der Waals surface area contributed by atoms with Gasteiger partial charge in [0.2, 0.25) is 0 Å². The second-order valence-electron chi connectivity index (χ2n) is 5.43. The van der Waals surface area contributed by atoms with E-state index in [1.165, 1.54) is 18.2 Å². The fourth-order valence-corrected chi connectivity index (χ4v) is 3.61. The van der Waals surface area contributed by atoms with Crippen LogP contribution in [0.25, 0.3) is 0 Å². The van der Waals surface area contributed by atoms with Gasteiger partial charge in [0.25, 0.3) is 0 Å². The highest BCUT2D eigenvalue weighted by atomic mass is 32.2. The van der Waals surface area contributed by atoms with Crippen LogP contribution in [0.3, 0.4) is 0 Å². The van der Waals surface area contributed by atoms with Crippen molar-refractivity contribution in [1.82, 2.24) is 4.98 Å². The van der Waals surface area contributed by atoms with E-state index >= 15 is 0 Å². The molecular weight excluding hydrogens is 338 g/mol. The predicted molar refractivity (Wildman–Crippen MR) is 93.3 cm³/mol. The molecule has 1 aliphatic rings. The van der Waals surface area contributed by atoms with Crippen molar-refractivity contribution in [3.05, 3.63) is 58.9 Å². The number of aromatic carboxylic acids is 1. The van der Waals surface area contributed by atoms with Crippen LogP contribution in [0, 0.1) is 11.8 Å². The Hall–Kier alpha value is -2.65. The maximum atomic E-state index is 12.8. The molecule has 2 heterocycles. The topological polar surface area (TPSA) is 84.3 Å². The Morgan fingerprint density at radius 1 is 1.32 bits per heavy atom. The van der Waals surface area contributed by atoms with Crippen molar-refractivity contribution < 1.29 is 29.3 Å². The molecule has 0 fully saturated rings. The number of nitrogens with zero attached hydrogens (tertiary/aromatic N) is 1. The zero-order valence-electron chi connectivity index (χ0n) is 20.7. The van der Waals surface area contributed by atoms with Gasteiger partial charge >= 0.3 is 5.97 Å². The van der Waals surface area contributed by atoms with E-state index in [0.717, 1.165) is 18.3 Å². The van der Waals surface area contributed by atoms with Crippen LogP contribution >= 0.6 is 0 Å². The summed E-state index contributed by atoms with van der Waals surface area (Å²) in [4.78, 5) is 14.1. The number of carboxylic acids is 1. The van der Waals surface area contributed by atoms with Crippen LogP contribution in [-0.4, -0.2) is 30.2 Å². The van der Waals surface area contributed by atoms with Gasteiger partial charge in [-0.2, -0.15) is 0 Å². The average Bonchev–Trinajstić information content (AvgIpc) is 2.67. The van der Waals surface area contributed by atoms with Gasteiger partial charge in [0.05, 0.1) is 16.2 Å². The largest absolute Gasteiger partial charge is 0.478 e. The van der Waals surface area contributed by atoms with Gasteiger partial charge in [-0.3, -0.25) is 0 Å². The highest BCUT2D eigenvalue weighted by Crippen LogP contribution is 2.38. The van der Waals surface area contributed by atoms with Crippen LogP contribution in [-0.2, 0) is 15.3 Å². The first-order valence-electron chi connectivity index (χ1n) is 11.0. The number of carbonyl (C=O) groups is 1. The van der Waals surface area contributed by atoms with E-state index in [4.69, 9.17) is 16.1 Å². The standard InChI is InChI=1S/C19H17NO4S/c1-19(2)9-10-25(23,24)17-8-4-13(11-16(17)19)3-6-15-7-5-14(12-20-15)18(21)22/h4-5,7-8,11-12H,9-10H2,1-2H3,(H,21,22)/i1D3,2D3,10D2. The normalized spacial score (nSPS) is 24.8. The molecule has 25 heavy (non-hydrogen) atoms. The number of benzene rings is 1. The minimum atomic E-state index is -4.69. The van der Waals surface area contributed by atoms with E-state index in [0.29, 0.717) is 0 Å². The molecule has 5 nitrogen and oxygen atoms in total. The Morgan fingerprint density at radius 2 is 2.12 bits per heavy atom. The van der Waals surface area contributed by atoms with Gasteiger partial charge < -0.3 is 5.11 Å². The number of sulfone groups is 1. The number of hydrogen-bond acceptors (Lipinski definition) is 4. The van der Waals surface area contributed by atoms with Crippen molar-refractivity contribution in [2.75, 3.05) is 5.70 Å². The molecule has 3 rings (SSSR count). The minimum Gasteiger partial charge on any atom is -0.478 e. The summed E-state index contributed by atoms with van der Waals surface area (Å²) < 4.78 is 89.2. The van der Waals surface area contributed by atoms with Crippen molar-refractivity contribution in [2.45, 2.75) is 30.4 Å². The second-order valence-corrected chi connectivity index (χ2v) is 7.16. The van der Waals surface area contributed by atoms with E-state index in [-0.39, 0.29) is 16.8 Å². The molecule has 1 aliphatic heterocycles. The summed E-state index contributed by atoms with van der Waals surface area (Å²) in [7, 11) is -4.69. The maximum Gasteiger partial charge on any atom is 0.337 e. The van der Waals surface area contributed by atoms with Crippen LogP contribution in [0.5, 0.6) is 0 Å². The molecule has 0 saturated heterocycles. The molecule has 2 aromatic rings. The van der Waals surface area contributed by atoms with Crippen LogP contribution < -0.4 is 0 Å². The molecule has 0 unspecified atom stereocenters. The molecule has 0 atom stereocenters. The first-order chi connectivity index (χ1) is 14.9. The first-order valence-corrected chi connectivity index (χ1v) is 8.53. The Bertz CT molecular complexity index is 1270. The summed E-state index contributed by atoms with van der Waals surface area (Å²) >= 11 is 0. The lowest BCUT2D eigenvalue weighted by atomic mass is 9.81. The van der Waals surface area contributed by atoms with E-state index in [1.807, 2.05) is 0 Å². The lowest BCUT2D eigenvalue weighted by Crippen LogP contribution is -2.30. The highest BCUT2D eigenvalue weighted by molar-refractivity contribution is 7.91. The quantitative estimate of drug-likeness (QED) is 0.788. The van der Waals surface area contributed by atoms with E-state index in [2.05, 4.69) is 16.8 Å². The molecule has 6 heteroatoms. The zero-order chi connectivity index (χ0) is 25.0. The van der Waals surface area contributed by atoms with Gasteiger partial charge in [-0.25, -0.2) is 18.2 Å². The van der Waals surface area contributed by atoms with Crippen molar-refractivity contribution in [2.24, 2.45) is 0 Å². The lowest BCUT2D eigenvalue weighted by molar-refractivity contribution is 0.0696. The molecule has 1 N–H and O–H groups in total. The van der Waals surface area contributed by atoms with Gasteiger partial charge in [-0.15, -0.1) is 0 Å². The molecule has 1 aromatic carbocycles. The Labute approximate surface area is 157 Å². The average molecular weight is 363 g/mol. The lowest BCUT2D eigenvalue weighted by Gasteiger charge is -2.32. The van der Waals surface area contributed by atoms with Crippen LogP contribution in [0.1, 0.15) is 58.3 Å². The number of pyridine rings is 1. The van der Waals surface area contributed by atoms with Crippen LogP contribution in [0.4, 0.5) is 0 Å². The van der Waals surface area contributed by atoms with E-state index in [9.17, 15) is 13.2 Å². The molecule has 0 spiro atoms. The van der Waals surface area contributed by atoms with Gasteiger partial charge in [-0.1, -0.05) is 19.6 Å². The molecule has 0 radical (unpaired) electrons. The van der Waals surface area contributed by atoms with E-state index < -0.39 is 57.5 Å². The molecule has 0 aliphatic carbocycles. The van der Waals surface area contributed by atoms with Gasteiger partial charge in [0.1, 0.15) is 5.69 Å². The molecule has 0 saturated carbocycles. The van der Waals surface area contributed by atoms with Crippen molar-refractivity contribution in [1.29, 1.82) is 0 Å². The fourth-order valence-electron chi connectivity index (χ4n) is 2.28. The van der Waals surface area contributed by atoms with Crippen LogP contribution in [0.2, 0.25) is 0 Å². The Morgan fingerprint density at radius 3 is 2.76 bits per heavy atom. The molecule has 1 aromatic heterocycles.